The highest BCUT2D eigenvalue weighted by Crippen LogP contribution is 2.14. The lowest BCUT2D eigenvalue weighted by molar-refractivity contribution is -0.138. The van der Waals surface area contributed by atoms with Gasteiger partial charge in [-0.25, -0.2) is 9.78 Å². The van der Waals surface area contributed by atoms with Crippen LogP contribution in [0.5, 0.6) is 0 Å². The van der Waals surface area contributed by atoms with Gasteiger partial charge in [-0.05, 0) is 18.3 Å². The van der Waals surface area contributed by atoms with Crippen LogP contribution in [0.4, 0.5) is 4.79 Å². The molecule has 1 unspecified atom stereocenters. The number of nitrogens with one attached hydrogen (secondary N) is 3. The van der Waals surface area contributed by atoms with Crippen molar-refractivity contribution in [2.45, 2.75) is 33.2 Å². The van der Waals surface area contributed by atoms with E-state index < -0.39 is 5.97 Å². The van der Waals surface area contributed by atoms with Crippen LogP contribution in [0.2, 0.25) is 0 Å². The number of rotatable bonds is 8. The van der Waals surface area contributed by atoms with E-state index in [9.17, 15) is 9.59 Å². The number of nitrogens with zero attached hydrogens (tertiary/aromatic N) is 1. The molecule has 0 saturated heterocycles. The van der Waals surface area contributed by atoms with E-state index in [4.69, 9.17) is 5.11 Å². The van der Waals surface area contributed by atoms with Crippen molar-refractivity contribution < 1.29 is 14.7 Å². The van der Waals surface area contributed by atoms with Gasteiger partial charge in [0.1, 0.15) is 0 Å². The van der Waals surface area contributed by atoms with E-state index in [2.05, 4.69) is 20.6 Å². The molecule has 7 heteroatoms. The first-order chi connectivity index (χ1) is 9.47. The summed E-state index contributed by atoms with van der Waals surface area (Å²) in [6, 6.07) is -0.307. The third-order valence-corrected chi connectivity index (χ3v) is 2.81. The van der Waals surface area contributed by atoms with E-state index in [1.54, 1.807) is 12.5 Å². The number of imidazole rings is 1. The molecule has 1 aromatic heterocycles. The van der Waals surface area contributed by atoms with Gasteiger partial charge in [0.05, 0.1) is 18.6 Å². The Balaban J connectivity index is 2.30. The number of amides is 2. The van der Waals surface area contributed by atoms with Gasteiger partial charge in [0.15, 0.2) is 0 Å². The zero-order valence-corrected chi connectivity index (χ0v) is 11.8. The van der Waals surface area contributed by atoms with E-state index in [0.29, 0.717) is 19.0 Å². The van der Waals surface area contributed by atoms with Crippen LogP contribution in [0, 0.1) is 11.8 Å². The summed E-state index contributed by atoms with van der Waals surface area (Å²) in [4.78, 5) is 29.1. The van der Waals surface area contributed by atoms with Crippen LogP contribution in [-0.4, -0.2) is 33.6 Å². The Labute approximate surface area is 118 Å². The molecule has 0 saturated carbocycles. The molecule has 0 spiro atoms. The number of urea groups is 1. The molecule has 0 fully saturated rings. The molecular weight excluding hydrogens is 260 g/mol. The number of aliphatic carboxylic acids is 1. The van der Waals surface area contributed by atoms with Crippen LogP contribution in [0.1, 0.15) is 32.4 Å². The van der Waals surface area contributed by atoms with Crippen molar-refractivity contribution in [2.75, 3.05) is 6.54 Å². The normalized spacial score (nSPS) is 12.2. The summed E-state index contributed by atoms with van der Waals surface area (Å²) in [5.74, 6) is -0.491. The molecule has 2 amide bonds. The summed E-state index contributed by atoms with van der Waals surface area (Å²) >= 11 is 0. The van der Waals surface area contributed by atoms with E-state index in [1.165, 1.54) is 0 Å². The summed E-state index contributed by atoms with van der Waals surface area (Å²) < 4.78 is 0. The van der Waals surface area contributed by atoms with E-state index in [1.807, 2.05) is 13.8 Å². The van der Waals surface area contributed by atoms with Crippen LogP contribution < -0.4 is 10.6 Å². The first-order valence-electron chi connectivity index (χ1n) is 6.68. The van der Waals surface area contributed by atoms with Gasteiger partial charge in [0.25, 0.3) is 0 Å². The Morgan fingerprint density at radius 2 is 2.15 bits per heavy atom. The van der Waals surface area contributed by atoms with Gasteiger partial charge in [0, 0.05) is 19.2 Å². The Bertz CT molecular complexity index is 417. The molecule has 1 aromatic rings. The molecule has 0 bridgehead atoms. The van der Waals surface area contributed by atoms with E-state index >= 15 is 0 Å². The second-order valence-corrected chi connectivity index (χ2v) is 5.23. The molecule has 20 heavy (non-hydrogen) atoms. The van der Waals surface area contributed by atoms with Crippen LogP contribution in [0.15, 0.2) is 12.5 Å². The SMILES string of the molecule is CC(C)CC(CNC(=O)NCc1cnc[nH]1)CC(=O)O. The Hall–Kier alpha value is -2.05. The second-order valence-electron chi connectivity index (χ2n) is 5.23. The number of aromatic amines is 1. The van der Waals surface area contributed by atoms with Crippen molar-refractivity contribution in [3.8, 4) is 0 Å². The smallest absolute Gasteiger partial charge is 0.315 e. The first-order valence-corrected chi connectivity index (χ1v) is 6.68. The third-order valence-electron chi connectivity index (χ3n) is 2.81. The fourth-order valence-corrected chi connectivity index (χ4v) is 2.01. The summed E-state index contributed by atoms with van der Waals surface area (Å²) in [6.07, 6.45) is 4.01. The molecule has 0 aromatic carbocycles. The maximum atomic E-state index is 11.6. The van der Waals surface area contributed by atoms with Crippen LogP contribution in [-0.2, 0) is 11.3 Å². The fourth-order valence-electron chi connectivity index (χ4n) is 2.01. The molecule has 112 valence electrons. The second kappa shape index (κ2) is 8.19. The van der Waals surface area contributed by atoms with Crippen molar-refractivity contribution in [3.05, 3.63) is 18.2 Å². The average molecular weight is 282 g/mol. The molecular formula is C13H22N4O3. The van der Waals surface area contributed by atoms with E-state index in [-0.39, 0.29) is 18.4 Å². The topological polar surface area (TPSA) is 107 Å². The summed E-state index contributed by atoms with van der Waals surface area (Å²) in [6.45, 7) is 4.79. The molecule has 1 rings (SSSR count). The maximum Gasteiger partial charge on any atom is 0.315 e. The minimum absolute atomic E-state index is 0.0506. The Morgan fingerprint density at radius 3 is 2.70 bits per heavy atom. The lowest BCUT2D eigenvalue weighted by Crippen LogP contribution is -2.38. The van der Waals surface area contributed by atoms with Crippen LogP contribution >= 0.6 is 0 Å². The zero-order valence-electron chi connectivity index (χ0n) is 11.8. The number of H-pyrrole nitrogens is 1. The fraction of sp³-hybridized carbons (Fsp3) is 0.615. The van der Waals surface area contributed by atoms with Gasteiger partial charge in [0.2, 0.25) is 0 Å². The Kier molecular flexibility index (Phi) is 6.55. The zero-order chi connectivity index (χ0) is 15.0. The van der Waals surface area contributed by atoms with Crippen molar-refractivity contribution in [2.24, 2.45) is 11.8 Å². The standard InChI is InChI=1S/C13H22N4O3/c1-9(2)3-10(4-12(18)19)5-15-13(20)16-7-11-6-14-8-17-11/h6,8-10H,3-5,7H2,1-2H3,(H,14,17)(H,18,19)(H2,15,16,20). The van der Waals surface area contributed by atoms with Crippen molar-refractivity contribution in [3.63, 3.8) is 0 Å². The van der Waals surface area contributed by atoms with Crippen LogP contribution in [0.25, 0.3) is 0 Å². The maximum absolute atomic E-state index is 11.6. The first kappa shape index (κ1) is 16.0. The molecule has 4 N–H and O–H groups in total. The summed E-state index contributed by atoms with van der Waals surface area (Å²) in [7, 11) is 0. The lowest BCUT2D eigenvalue weighted by Gasteiger charge is -2.17. The average Bonchev–Trinajstić information content (AvgIpc) is 2.85. The third kappa shape index (κ3) is 6.77. The van der Waals surface area contributed by atoms with Gasteiger partial charge < -0.3 is 20.7 Å². The highest BCUT2D eigenvalue weighted by atomic mass is 16.4. The molecule has 0 aliphatic carbocycles. The predicted octanol–water partition coefficient (Wildman–Crippen LogP) is 1.35. The highest BCUT2D eigenvalue weighted by molar-refractivity contribution is 5.74. The van der Waals surface area contributed by atoms with Gasteiger partial charge >= 0.3 is 12.0 Å². The molecule has 0 aliphatic rings. The van der Waals surface area contributed by atoms with Crippen molar-refractivity contribution >= 4 is 12.0 Å². The van der Waals surface area contributed by atoms with Crippen molar-refractivity contribution in [1.82, 2.24) is 20.6 Å². The minimum Gasteiger partial charge on any atom is -0.481 e. The number of carbonyl (C=O) groups excluding carboxylic acids is 1. The van der Waals surface area contributed by atoms with Gasteiger partial charge in [-0.1, -0.05) is 13.8 Å². The number of carbonyl (C=O) groups is 2. The molecule has 7 nitrogen and oxygen atoms in total. The predicted molar refractivity (Wildman–Crippen MR) is 74.0 cm³/mol. The number of carboxylic acid groups (broad SMARTS) is 1. The van der Waals surface area contributed by atoms with Gasteiger partial charge in [-0.2, -0.15) is 0 Å². The quantitative estimate of drug-likeness (QED) is 0.577. The number of hydrogen-bond acceptors (Lipinski definition) is 3. The lowest BCUT2D eigenvalue weighted by atomic mass is 9.94. The number of hydrogen-bond donors (Lipinski definition) is 4. The van der Waals surface area contributed by atoms with E-state index in [0.717, 1.165) is 12.1 Å². The molecule has 0 radical (unpaired) electrons. The largest absolute Gasteiger partial charge is 0.481 e. The Morgan fingerprint density at radius 1 is 1.40 bits per heavy atom. The minimum atomic E-state index is -0.838. The van der Waals surface area contributed by atoms with Gasteiger partial charge in [-0.3, -0.25) is 4.79 Å². The summed E-state index contributed by atoms with van der Waals surface area (Å²) in [5.41, 5.74) is 0.810. The number of aromatic nitrogens is 2. The molecule has 1 heterocycles. The van der Waals surface area contributed by atoms with Crippen LogP contribution in [0.3, 0.4) is 0 Å². The summed E-state index contributed by atoms with van der Waals surface area (Å²) in [5, 5.41) is 14.2. The monoisotopic (exact) mass is 282 g/mol. The highest BCUT2D eigenvalue weighted by Gasteiger charge is 2.15. The molecule has 1 atom stereocenters. The van der Waals surface area contributed by atoms with Crippen molar-refractivity contribution in [1.29, 1.82) is 0 Å². The van der Waals surface area contributed by atoms with Gasteiger partial charge in [-0.15, -0.1) is 0 Å². The molecule has 0 aliphatic heterocycles. The number of carboxylic acids is 1.